The molecule has 0 amide bonds. The lowest BCUT2D eigenvalue weighted by Gasteiger charge is -2.28. The van der Waals surface area contributed by atoms with E-state index in [0.29, 0.717) is 12.5 Å². The number of halogens is 1. The smallest absolute Gasteiger partial charge is 0.306 e. The molecule has 7 nitrogen and oxygen atoms in total. The summed E-state index contributed by atoms with van der Waals surface area (Å²) in [4.78, 5) is 9.38. The van der Waals surface area contributed by atoms with Crippen LogP contribution in [0.2, 0.25) is 0 Å². The van der Waals surface area contributed by atoms with Crippen LogP contribution < -0.4 is 10.5 Å². The average molecular weight is 317 g/mol. The van der Waals surface area contributed by atoms with Crippen LogP contribution in [0.15, 0.2) is 23.1 Å². The zero-order chi connectivity index (χ0) is 15.6. The highest BCUT2D eigenvalue weighted by atomic mass is 32.2. The number of nitrogens with one attached hydrogen (secondary N) is 1. The van der Waals surface area contributed by atoms with Gasteiger partial charge in [-0.25, -0.2) is 13.1 Å². The Morgan fingerprint density at radius 1 is 1.33 bits per heavy atom. The van der Waals surface area contributed by atoms with Gasteiger partial charge in [0.25, 0.3) is 0 Å². The van der Waals surface area contributed by atoms with Gasteiger partial charge in [-0.1, -0.05) is 12.8 Å². The summed E-state index contributed by atoms with van der Waals surface area (Å²) in [6, 6.07) is 1.79. The Balaban J connectivity index is 2.27. The van der Waals surface area contributed by atoms with Gasteiger partial charge in [0.15, 0.2) is 0 Å². The molecule has 1 saturated carbocycles. The van der Waals surface area contributed by atoms with Crippen molar-refractivity contribution in [2.75, 3.05) is 0 Å². The number of hydrogen-bond donors (Lipinski definition) is 2. The standard InChI is InChI=1S/C12H16FN3O4S/c13-9-6-5-8(7-12(9)16(17)18)21(19,20)15-11-4-2-1-3-10(11)14/h5-7,10-11,15H,1-4,14H2/t10-,11-/m1/s1. The van der Waals surface area contributed by atoms with E-state index in [2.05, 4.69) is 4.72 Å². The van der Waals surface area contributed by atoms with Crippen molar-refractivity contribution in [2.45, 2.75) is 42.7 Å². The zero-order valence-electron chi connectivity index (χ0n) is 11.2. The molecular formula is C12H16FN3O4S. The SMILES string of the molecule is N[C@@H]1CCCC[C@H]1NS(=O)(=O)c1ccc(F)c([N+](=O)[O-])c1. The molecule has 0 aromatic heterocycles. The highest BCUT2D eigenvalue weighted by Gasteiger charge is 2.28. The van der Waals surface area contributed by atoms with Gasteiger partial charge >= 0.3 is 5.69 Å². The van der Waals surface area contributed by atoms with Crippen molar-refractivity contribution in [2.24, 2.45) is 5.73 Å². The van der Waals surface area contributed by atoms with Crippen LogP contribution in [0.3, 0.4) is 0 Å². The van der Waals surface area contributed by atoms with Crippen molar-refractivity contribution in [1.29, 1.82) is 0 Å². The van der Waals surface area contributed by atoms with Crippen LogP contribution in [0.5, 0.6) is 0 Å². The van der Waals surface area contributed by atoms with E-state index in [1.54, 1.807) is 0 Å². The van der Waals surface area contributed by atoms with Crippen LogP contribution in [0, 0.1) is 15.9 Å². The summed E-state index contributed by atoms with van der Waals surface area (Å²) in [5, 5.41) is 10.7. The van der Waals surface area contributed by atoms with Crippen molar-refractivity contribution in [3.8, 4) is 0 Å². The zero-order valence-corrected chi connectivity index (χ0v) is 12.0. The van der Waals surface area contributed by atoms with Gasteiger partial charge in [-0.05, 0) is 25.0 Å². The molecule has 0 aliphatic heterocycles. The lowest BCUT2D eigenvalue weighted by Crippen LogP contribution is -2.49. The minimum absolute atomic E-state index is 0.288. The molecule has 0 heterocycles. The summed E-state index contributed by atoms with van der Waals surface area (Å²) in [6.45, 7) is 0. The first kappa shape index (κ1) is 15.8. The number of rotatable bonds is 4. The highest BCUT2D eigenvalue weighted by molar-refractivity contribution is 7.89. The molecule has 0 bridgehead atoms. The van der Waals surface area contributed by atoms with E-state index in [1.807, 2.05) is 0 Å². The number of benzene rings is 1. The molecule has 1 aliphatic rings. The normalized spacial score (nSPS) is 23.0. The molecule has 1 aliphatic carbocycles. The molecule has 0 unspecified atom stereocenters. The van der Waals surface area contributed by atoms with Crippen LogP contribution >= 0.6 is 0 Å². The summed E-state index contributed by atoms with van der Waals surface area (Å²) in [7, 11) is -3.97. The van der Waals surface area contributed by atoms with Crippen molar-refractivity contribution >= 4 is 15.7 Å². The van der Waals surface area contributed by atoms with E-state index < -0.39 is 32.5 Å². The van der Waals surface area contributed by atoms with Gasteiger partial charge in [-0.15, -0.1) is 0 Å². The number of nitrogens with zero attached hydrogens (tertiary/aromatic N) is 1. The molecule has 1 fully saturated rings. The predicted molar refractivity (Wildman–Crippen MR) is 73.6 cm³/mol. The van der Waals surface area contributed by atoms with Gasteiger partial charge in [0.2, 0.25) is 15.8 Å². The summed E-state index contributed by atoms with van der Waals surface area (Å²) in [6.07, 6.45) is 3.15. The van der Waals surface area contributed by atoms with Crippen molar-refractivity contribution in [3.63, 3.8) is 0 Å². The van der Waals surface area contributed by atoms with Gasteiger partial charge in [-0.2, -0.15) is 4.39 Å². The lowest BCUT2D eigenvalue weighted by molar-refractivity contribution is -0.387. The van der Waals surface area contributed by atoms with Crippen LogP contribution in [-0.4, -0.2) is 25.4 Å². The first-order chi connectivity index (χ1) is 9.81. The van der Waals surface area contributed by atoms with Crippen molar-refractivity contribution in [3.05, 3.63) is 34.1 Å². The number of hydrogen-bond acceptors (Lipinski definition) is 5. The molecule has 0 saturated heterocycles. The monoisotopic (exact) mass is 317 g/mol. The third-order valence-electron chi connectivity index (χ3n) is 3.55. The van der Waals surface area contributed by atoms with E-state index >= 15 is 0 Å². The van der Waals surface area contributed by atoms with Gasteiger partial charge < -0.3 is 5.73 Å². The second-order valence-electron chi connectivity index (χ2n) is 5.05. The van der Waals surface area contributed by atoms with E-state index in [1.165, 1.54) is 0 Å². The van der Waals surface area contributed by atoms with Gasteiger partial charge in [0.05, 0.1) is 9.82 Å². The number of nitro groups is 1. The van der Waals surface area contributed by atoms with Crippen LogP contribution in [0.25, 0.3) is 0 Å². The Labute approximate surface area is 121 Å². The molecule has 1 aromatic rings. The van der Waals surface area contributed by atoms with Crippen LogP contribution in [0.1, 0.15) is 25.7 Å². The van der Waals surface area contributed by atoms with Crippen LogP contribution in [-0.2, 0) is 10.0 Å². The second-order valence-corrected chi connectivity index (χ2v) is 6.76. The van der Waals surface area contributed by atoms with Gasteiger partial charge in [0.1, 0.15) is 0 Å². The second kappa shape index (κ2) is 6.04. The molecular weight excluding hydrogens is 301 g/mol. The molecule has 2 atom stereocenters. The van der Waals surface area contributed by atoms with E-state index in [-0.39, 0.29) is 10.9 Å². The maximum Gasteiger partial charge on any atom is 0.306 e. The third-order valence-corrected chi connectivity index (χ3v) is 5.04. The molecule has 9 heteroatoms. The number of sulfonamides is 1. The maximum atomic E-state index is 13.3. The fraction of sp³-hybridized carbons (Fsp3) is 0.500. The summed E-state index contributed by atoms with van der Waals surface area (Å²) >= 11 is 0. The molecule has 3 N–H and O–H groups in total. The summed E-state index contributed by atoms with van der Waals surface area (Å²) in [5.41, 5.74) is 5.00. The molecule has 21 heavy (non-hydrogen) atoms. The van der Waals surface area contributed by atoms with Gasteiger partial charge in [-0.3, -0.25) is 10.1 Å². The Morgan fingerprint density at radius 2 is 2.00 bits per heavy atom. The Morgan fingerprint density at radius 3 is 2.62 bits per heavy atom. The Kier molecular flexibility index (Phi) is 4.55. The summed E-state index contributed by atoms with van der Waals surface area (Å²) < 4.78 is 40.1. The first-order valence-corrected chi connectivity index (χ1v) is 8.01. The fourth-order valence-corrected chi connectivity index (χ4v) is 3.71. The first-order valence-electron chi connectivity index (χ1n) is 6.53. The molecule has 0 radical (unpaired) electrons. The quantitative estimate of drug-likeness (QED) is 0.641. The maximum absolute atomic E-state index is 13.3. The lowest BCUT2D eigenvalue weighted by atomic mass is 9.92. The fourth-order valence-electron chi connectivity index (χ4n) is 2.37. The largest absolute Gasteiger partial charge is 0.326 e. The number of nitro benzene ring substituents is 1. The topological polar surface area (TPSA) is 115 Å². The molecule has 2 rings (SSSR count). The Bertz CT molecular complexity index is 650. The minimum Gasteiger partial charge on any atom is -0.326 e. The minimum atomic E-state index is -3.97. The van der Waals surface area contributed by atoms with Crippen molar-refractivity contribution < 1.29 is 17.7 Å². The van der Waals surface area contributed by atoms with E-state index in [9.17, 15) is 22.9 Å². The van der Waals surface area contributed by atoms with E-state index in [4.69, 9.17) is 5.73 Å². The van der Waals surface area contributed by atoms with Gasteiger partial charge in [0, 0.05) is 18.2 Å². The number of nitrogens with two attached hydrogens (primary N) is 1. The van der Waals surface area contributed by atoms with Crippen LogP contribution in [0.4, 0.5) is 10.1 Å². The molecule has 1 aromatic carbocycles. The third kappa shape index (κ3) is 3.55. The average Bonchev–Trinajstić information content (AvgIpc) is 2.41. The molecule has 0 spiro atoms. The van der Waals surface area contributed by atoms with Crippen molar-refractivity contribution in [1.82, 2.24) is 4.72 Å². The Hall–Kier alpha value is -1.58. The predicted octanol–water partition coefficient (Wildman–Crippen LogP) is 1.28. The van der Waals surface area contributed by atoms with E-state index in [0.717, 1.165) is 31.4 Å². The summed E-state index contributed by atoms with van der Waals surface area (Å²) in [5.74, 6) is -1.08. The highest BCUT2D eigenvalue weighted by Crippen LogP contribution is 2.23. The molecule has 116 valence electrons.